The Labute approximate surface area is 199 Å². The standard InChI is InChI=1S/C25H21F3N6O/c26-25(27,28)18-5-7-19(8-6-18)32-23-22-21(30-15-31-23)10-9-20(33-22)16-1-3-17(4-2-16)24(35)34-13-11-29-12-14-34/h1-10,15,29H,11-14H2,(H,30,31,32). The molecule has 35 heavy (non-hydrogen) atoms. The van der Waals surface area contributed by atoms with Gasteiger partial charge in [-0.3, -0.25) is 4.79 Å². The number of carbonyl (C=O) groups excluding carboxylic acids is 1. The normalized spacial score (nSPS) is 14.2. The number of hydrogen-bond donors (Lipinski definition) is 2. The predicted octanol–water partition coefficient (Wildman–Crippen LogP) is 4.50. The fourth-order valence-corrected chi connectivity index (χ4v) is 3.91. The van der Waals surface area contributed by atoms with Crippen molar-refractivity contribution < 1.29 is 18.0 Å². The summed E-state index contributed by atoms with van der Waals surface area (Å²) in [4.78, 5) is 27.7. The van der Waals surface area contributed by atoms with E-state index in [4.69, 9.17) is 4.98 Å². The average molecular weight is 478 g/mol. The van der Waals surface area contributed by atoms with Gasteiger partial charge in [0.2, 0.25) is 0 Å². The highest BCUT2D eigenvalue weighted by Gasteiger charge is 2.30. The van der Waals surface area contributed by atoms with Gasteiger partial charge in [-0.1, -0.05) is 12.1 Å². The number of nitrogens with one attached hydrogen (secondary N) is 2. The molecule has 1 fully saturated rings. The monoisotopic (exact) mass is 478 g/mol. The third-order valence-electron chi connectivity index (χ3n) is 5.79. The molecule has 2 aromatic carbocycles. The van der Waals surface area contributed by atoms with Crippen LogP contribution in [0.25, 0.3) is 22.3 Å². The quantitative estimate of drug-likeness (QED) is 0.450. The first-order valence-electron chi connectivity index (χ1n) is 11.0. The number of piperazine rings is 1. The van der Waals surface area contributed by atoms with Crippen molar-refractivity contribution in [3.8, 4) is 11.3 Å². The molecule has 0 bridgehead atoms. The van der Waals surface area contributed by atoms with E-state index in [0.717, 1.165) is 30.8 Å². The third-order valence-corrected chi connectivity index (χ3v) is 5.79. The van der Waals surface area contributed by atoms with Crippen LogP contribution in [-0.4, -0.2) is 51.9 Å². The van der Waals surface area contributed by atoms with E-state index in [-0.39, 0.29) is 5.91 Å². The second kappa shape index (κ2) is 9.30. The van der Waals surface area contributed by atoms with Gasteiger partial charge in [-0.05, 0) is 48.5 Å². The molecule has 0 atom stereocenters. The molecule has 1 amide bonds. The molecule has 10 heteroatoms. The summed E-state index contributed by atoms with van der Waals surface area (Å²) in [6.07, 6.45) is -3.03. The molecule has 1 aliphatic rings. The fraction of sp³-hybridized carbons (Fsp3) is 0.200. The molecule has 0 radical (unpaired) electrons. The minimum absolute atomic E-state index is 0.000878. The van der Waals surface area contributed by atoms with E-state index in [9.17, 15) is 18.0 Å². The van der Waals surface area contributed by atoms with E-state index in [1.807, 2.05) is 23.1 Å². The van der Waals surface area contributed by atoms with E-state index in [1.54, 1.807) is 18.2 Å². The van der Waals surface area contributed by atoms with Gasteiger partial charge in [-0.2, -0.15) is 13.2 Å². The fourth-order valence-electron chi connectivity index (χ4n) is 3.91. The number of pyridine rings is 1. The number of amides is 1. The maximum atomic E-state index is 12.8. The Morgan fingerprint density at radius 2 is 1.63 bits per heavy atom. The Balaban J connectivity index is 1.40. The molecule has 2 N–H and O–H groups in total. The molecule has 5 rings (SSSR count). The van der Waals surface area contributed by atoms with Crippen molar-refractivity contribution in [1.29, 1.82) is 0 Å². The molecule has 2 aromatic heterocycles. The van der Waals surface area contributed by atoms with E-state index in [0.29, 0.717) is 46.9 Å². The van der Waals surface area contributed by atoms with Crippen LogP contribution in [0.2, 0.25) is 0 Å². The number of benzene rings is 2. The summed E-state index contributed by atoms with van der Waals surface area (Å²) < 4.78 is 38.5. The number of alkyl halides is 3. The smallest absolute Gasteiger partial charge is 0.338 e. The van der Waals surface area contributed by atoms with Gasteiger partial charge < -0.3 is 15.5 Å². The van der Waals surface area contributed by atoms with E-state index in [2.05, 4.69) is 20.6 Å². The summed E-state index contributed by atoms with van der Waals surface area (Å²) in [5.74, 6) is 0.378. The molecule has 1 aliphatic heterocycles. The summed E-state index contributed by atoms with van der Waals surface area (Å²) in [5, 5.41) is 6.26. The molecule has 4 aromatic rings. The zero-order valence-electron chi connectivity index (χ0n) is 18.5. The van der Waals surface area contributed by atoms with Crippen molar-refractivity contribution >= 4 is 28.4 Å². The van der Waals surface area contributed by atoms with Crippen LogP contribution < -0.4 is 10.6 Å². The lowest BCUT2D eigenvalue weighted by atomic mass is 10.1. The lowest BCUT2D eigenvalue weighted by Crippen LogP contribution is -2.46. The largest absolute Gasteiger partial charge is 0.416 e. The highest BCUT2D eigenvalue weighted by atomic mass is 19.4. The molecular weight excluding hydrogens is 457 g/mol. The van der Waals surface area contributed by atoms with Gasteiger partial charge in [0.05, 0.1) is 16.8 Å². The van der Waals surface area contributed by atoms with Crippen molar-refractivity contribution in [2.24, 2.45) is 0 Å². The number of carbonyl (C=O) groups is 1. The van der Waals surface area contributed by atoms with Gasteiger partial charge in [0.25, 0.3) is 5.91 Å². The molecule has 0 spiro atoms. The minimum Gasteiger partial charge on any atom is -0.338 e. The first-order valence-corrected chi connectivity index (χ1v) is 11.0. The zero-order chi connectivity index (χ0) is 24.4. The van der Waals surface area contributed by atoms with Crippen LogP contribution in [0.5, 0.6) is 0 Å². The number of hydrogen-bond acceptors (Lipinski definition) is 6. The second-order valence-electron chi connectivity index (χ2n) is 8.11. The zero-order valence-corrected chi connectivity index (χ0v) is 18.5. The number of anilines is 2. The summed E-state index contributed by atoms with van der Waals surface area (Å²) in [5.41, 5.74) is 2.87. The number of aromatic nitrogens is 3. The van der Waals surface area contributed by atoms with Gasteiger partial charge in [-0.15, -0.1) is 0 Å². The number of halogens is 3. The van der Waals surface area contributed by atoms with Crippen molar-refractivity contribution in [3.05, 3.63) is 78.1 Å². The van der Waals surface area contributed by atoms with Crippen molar-refractivity contribution in [3.63, 3.8) is 0 Å². The van der Waals surface area contributed by atoms with Crippen LogP contribution in [0.15, 0.2) is 67.0 Å². The topological polar surface area (TPSA) is 83.0 Å². The summed E-state index contributed by atoms with van der Waals surface area (Å²) >= 11 is 0. The number of nitrogens with zero attached hydrogens (tertiary/aromatic N) is 4. The molecule has 7 nitrogen and oxygen atoms in total. The van der Waals surface area contributed by atoms with Gasteiger partial charge >= 0.3 is 6.18 Å². The Morgan fingerprint density at radius 3 is 2.31 bits per heavy atom. The molecule has 0 saturated carbocycles. The first kappa shape index (κ1) is 22.7. The lowest BCUT2D eigenvalue weighted by molar-refractivity contribution is -0.137. The van der Waals surface area contributed by atoms with Crippen LogP contribution in [0.1, 0.15) is 15.9 Å². The predicted molar refractivity (Wildman–Crippen MR) is 126 cm³/mol. The lowest BCUT2D eigenvalue weighted by Gasteiger charge is -2.27. The maximum absolute atomic E-state index is 12.8. The summed E-state index contributed by atoms with van der Waals surface area (Å²) in [7, 11) is 0. The molecule has 0 unspecified atom stereocenters. The summed E-state index contributed by atoms with van der Waals surface area (Å²) in [6, 6.07) is 15.6. The molecule has 1 saturated heterocycles. The Morgan fingerprint density at radius 1 is 0.914 bits per heavy atom. The maximum Gasteiger partial charge on any atom is 0.416 e. The highest BCUT2D eigenvalue weighted by Crippen LogP contribution is 2.31. The molecule has 0 aliphatic carbocycles. The van der Waals surface area contributed by atoms with Crippen LogP contribution in [-0.2, 0) is 6.18 Å². The van der Waals surface area contributed by atoms with E-state index >= 15 is 0 Å². The number of fused-ring (bicyclic) bond motifs is 1. The van der Waals surface area contributed by atoms with E-state index < -0.39 is 11.7 Å². The van der Waals surface area contributed by atoms with Gasteiger partial charge in [0, 0.05) is 43.0 Å². The van der Waals surface area contributed by atoms with Crippen LogP contribution in [0.3, 0.4) is 0 Å². The van der Waals surface area contributed by atoms with Gasteiger partial charge in [0.15, 0.2) is 5.82 Å². The highest BCUT2D eigenvalue weighted by molar-refractivity contribution is 5.95. The molecule has 3 heterocycles. The molecule has 178 valence electrons. The van der Waals surface area contributed by atoms with Crippen molar-refractivity contribution in [2.75, 3.05) is 31.5 Å². The first-order chi connectivity index (χ1) is 16.9. The Bertz CT molecular complexity index is 1350. The van der Waals surface area contributed by atoms with Crippen molar-refractivity contribution in [2.45, 2.75) is 6.18 Å². The second-order valence-corrected chi connectivity index (χ2v) is 8.11. The van der Waals surface area contributed by atoms with E-state index in [1.165, 1.54) is 18.5 Å². The molecular formula is C25H21F3N6O. The van der Waals surface area contributed by atoms with Crippen LogP contribution in [0, 0.1) is 0 Å². The van der Waals surface area contributed by atoms with Crippen molar-refractivity contribution in [1.82, 2.24) is 25.2 Å². The summed E-state index contributed by atoms with van der Waals surface area (Å²) in [6.45, 7) is 2.94. The van der Waals surface area contributed by atoms with Gasteiger partial charge in [-0.25, -0.2) is 15.0 Å². The minimum atomic E-state index is -4.40. The Hall–Kier alpha value is -4.05. The third kappa shape index (κ3) is 4.92. The average Bonchev–Trinajstić information content (AvgIpc) is 2.89. The Kier molecular flexibility index (Phi) is 6.04. The number of rotatable bonds is 4. The van der Waals surface area contributed by atoms with Gasteiger partial charge in [0.1, 0.15) is 11.8 Å². The van der Waals surface area contributed by atoms with Crippen LogP contribution >= 0.6 is 0 Å². The SMILES string of the molecule is O=C(c1ccc(-c2ccc3ncnc(Nc4ccc(C(F)(F)F)cc4)c3n2)cc1)N1CCNCC1. The van der Waals surface area contributed by atoms with Crippen LogP contribution in [0.4, 0.5) is 24.7 Å².